The number of H-pyrrole nitrogens is 1. The molecular formula is C21H19N5O4S. The number of hydrogen-bond donors (Lipinski definition) is 3. The molecule has 0 radical (unpaired) electrons. The molecule has 31 heavy (non-hydrogen) atoms. The van der Waals surface area contributed by atoms with Gasteiger partial charge in [0.1, 0.15) is 5.82 Å². The number of benzene rings is 1. The Labute approximate surface area is 177 Å². The number of aromatic nitrogens is 3. The summed E-state index contributed by atoms with van der Waals surface area (Å²) >= 11 is 0. The van der Waals surface area contributed by atoms with E-state index in [4.69, 9.17) is 10.5 Å². The summed E-state index contributed by atoms with van der Waals surface area (Å²) in [4.78, 5) is 24.1. The number of methoxy groups -OCH3 is 1. The van der Waals surface area contributed by atoms with Crippen molar-refractivity contribution in [1.82, 2.24) is 15.0 Å². The van der Waals surface area contributed by atoms with Crippen molar-refractivity contribution in [2.45, 2.75) is 4.90 Å². The Morgan fingerprint density at radius 2 is 1.87 bits per heavy atom. The number of aromatic amines is 1. The van der Waals surface area contributed by atoms with Crippen LogP contribution in [0, 0.1) is 0 Å². The van der Waals surface area contributed by atoms with Crippen LogP contribution in [0.2, 0.25) is 0 Å². The first kappa shape index (κ1) is 20.4. The van der Waals surface area contributed by atoms with Gasteiger partial charge in [-0.1, -0.05) is 0 Å². The van der Waals surface area contributed by atoms with Crippen molar-refractivity contribution in [3.05, 3.63) is 65.2 Å². The van der Waals surface area contributed by atoms with Crippen LogP contribution >= 0.6 is 0 Å². The molecule has 0 saturated carbocycles. The monoisotopic (exact) mass is 437 g/mol. The quantitative estimate of drug-likeness (QED) is 0.433. The summed E-state index contributed by atoms with van der Waals surface area (Å²) in [5.41, 5.74) is 7.29. The highest BCUT2D eigenvalue weighted by atomic mass is 32.2. The van der Waals surface area contributed by atoms with Gasteiger partial charge in [0.05, 0.1) is 23.1 Å². The standard InChI is InChI=1S/C21H19N5O4S/c1-30-17-10-13(11-24-19(17)22)16-9-12-7-8-23-21(27)18(12)20(26-16)25-14-3-5-15(6-4-14)31(2,28)29/h3-11H,1-2H3,(H2,22,24)(H,23,27)(H,25,26). The number of hydrogen-bond acceptors (Lipinski definition) is 8. The molecule has 0 bridgehead atoms. The maximum atomic E-state index is 12.5. The lowest BCUT2D eigenvalue weighted by molar-refractivity contribution is 0.415. The third-order valence-corrected chi connectivity index (χ3v) is 5.83. The second kappa shape index (κ2) is 7.73. The van der Waals surface area contributed by atoms with Gasteiger partial charge in [-0.15, -0.1) is 0 Å². The van der Waals surface area contributed by atoms with Crippen LogP contribution in [0.15, 0.2) is 64.5 Å². The van der Waals surface area contributed by atoms with Gasteiger partial charge in [-0.05, 0) is 47.9 Å². The maximum absolute atomic E-state index is 12.5. The third kappa shape index (κ3) is 4.05. The van der Waals surface area contributed by atoms with Crippen LogP contribution < -0.4 is 21.3 Å². The molecule has 0 atom stereocenters. The molecule has 10 heteroatoms. The smallest absolute Gasteiger partial charge is 0.259 e. The molecule has 0 fully saturated rings. The van der Waals surface area contributed by atoms with E-state index in [0.29, 0.717) is 39.3 Å². The van der Waals surface area contributed by atoms with Crippen molar-refractivity contribution in [3.63, 3.8) is 0 Å². The molecule has 1 aromatic carbocycles. The van der Waals surface area contributed by atoms with E-state index in [1.165, 1.54) is 19.2 Å². The Morgan fingerprint density at radius 1 is 1.13 bits per heavy atom. The maximum Gasteiger partial charge on any atom is 0.259 e. The lowest BCUT2D eigenvalue weighted by atomic mass is 10.1. The number of nitrogens with two attached hydrogens (primary N) is 1. The highest BCUT2D eigenvalue weighted by Gasteiger charge is 2.14. The van der Waals surface area contributed by atoms with E-state index in [1.807, 2.05) is 0 Å². The van der Waals surface area contributed by atoms with Gasteiger partial charge in [0.25, 0.3) is 5.56 Å². The zero-order valence-electron chi connectivity index (χ0n) is 16.7. The van der Waals surface area contributed by atoms with Gasteiger partial charge < -0.3 is 20.8 Å². The van der Waals surface area contributed by atoms with E-state index in [1.54, 1.807) is 42.7 Å². The lowest BCUT2D eigenvalue weighted by Crippen LogP contribution is -2.09. The molecule has 0 aliphatic heterocycles. The molecule has 9 nitrogen and oxygen atoms in total. The number of nitrogens with zero attached hydrogens (tertiary/aromatic N) is 2. The van der Waals surface area contributed by atoms with E-state index in [2.05, 4.69) is 20.3 Å². The van der Waals surface area contributed by atoms with Gasteiger partial charge in [-0.25, -0.2) is 18.4 Å². The number of nitrogens with one attached hydrogen (secondary N) is 2. The minimum absolute atomic E-state index is 0.197. The van der Waals surface area contributed by atoms with Crippen molar-refractivity contribution in [2.24, 2.45) is 0 Å². The first-order chi connectivity index (χ1) is 14.8. The van der Waals surface area contributed by atoms with Crippen molar-refractivity contribution in [2.75, 3.05) is 24.4 Å². The number of rotatable bonds is 5. The third-order valence-electron chi connectivity index (χ3n) is 4.70. The van der Waals surface area contributed by atoms with Gasteiger partial charge >= 0.3 is 0 Å². The van der Waals surface area contributed by atoms with Crippen molar-refractivity contribution >= 4 is 37.9 Å². The van der Waals surface area contributed by atoms with Crippen LogP contribution in [0.4, 0.5) is 17.3 Å². The van der Waals surface area contributed by atoms with Crippen LogP contribution in [0.5, 0.6) is 5.75 Å². The molecule has 0 unspecified atom stereocenters. The number of ether oxygens (including phenoxy) is 1. The van der Waals surface area contributed by atoms with Crippen molar-refractivity contribution in [3.8, 4) is 17.0 Å². The first-order valence-corrected chi connectivity index (χ1v) is 11.0. The van der Waals surface area contributed by atoms with E-state index < -0.39 is 9.84 Å². The van der Waals surface area contributed by atoms with Crippen LogP contribution in [0.1, 0.15) is 0 Å². The SMILES string of the molecule is COc1cc(-c2cc3cc[nH]c(=O)c3c(Nc3ccc(S(C)(=O)=O)cc3)n2)cnc1N. The van der Waals surface area contributed by atoms with E-state index in [9.17, 15) is 13.2 Å². The van der Waals surface area contributed by atoms with E-state index in [-0.39, 0.29) is 16.3 Å². The Bertz CT molecular complexity index is 1450. The van der Waals surface area contributed by atoms with Crippen LogP contribution in [0.3, 0.4) is 0 Å². The summed E-state index contributed by atoms with van der Waals surface area (Å²) in [5.74, 6) is 0.987. The highest BCUT2D eigenvalue weighted by molar-refractivity contribution is 7.90. The van der Waals surface area contributed by atoms with E-state index in [0.717, 1.165) is 6.26 Å². The predicted molar refractivity (Wildman–Crippen MR) is 119 cm³/mol. The Morgan fingerprint density at radius 3 is 2.55 bits per heavy atom. The molecule has 4 N–H and O–H groups in total. The Hall–Kier alpha value is -3.92. The predicted octanol–water partition coefficient (Wildman–Crippen LogP) is 2.72. The molecule has 0 aliphatic rings. The molecule has 4 rings (SSSR count). The summed E-state index contributed by atoms with van der Waals surface area (Å²) in [6, 6.07) is 11.5. The second-order valence-electron chi connectivity index (χ2n) is 6.86. The van der Waals surface area contributed by atoms with Crippen LogP contribution in [-0.2, 0) is 9.84 Å². The number of sulfone groups is 1. The molecule has 0 amide bonds. The number of fused-ring (bicyclic) bond motifs is 1. The summed E-state index contributed by atoms with van der Waals surface area (Å²) < 4.78 is 28.6. The number of nitrogen functional groups attached to an aromatic ring is 1. The van der Waals surface area contributed by atoms with Gasteiger partial charge in [-0.3, -0.25) is 4.79 Å². The Kier molecular flexibility index (Phi) is 5.07. The van der Waals surface area contributed by atoms with Gasteiger partial charge in [0, 0.05) is 29.9 Å². The normalized spacial score (nSPS) is 11.4. The lowest BCUT2D eigenvalue weighted by Gasteiger charge is -2.12. The molecule has 158 valence electrons. The molecule has 0 spiro atoms. The second-order valence-corrected chi connectivity index (χ2v) is 8.88. The average molecular weight is 437 g/mol. The van der Waals surface area contributed by atoms with E-state index >= 15 is 0 Å². The minimum Gasteiger partial charge on any atom is -0.493 e. The summed E-state index contributed by atoms with van der Waals surface area (Å²) in [7, 11) is -1.82. The largest absolute Gasteiger partial charge is 0.493 e. The van der Waals surface area contributed by atoms with Gasteiger partial charge in [0.15, 0.2) is 21.4 Å². The molecule has 3 heterocycles. The first-order valence-electron chi connectivity index (χ1n) is 9.16. The summed E-state index contributed by atoms with van der Waals surface area (Å²) in [6.07, 6.45) is 4.27. The fourth-order valence-electron chi connectivity index (χ4n) is 3.13. The average Bonchev–Trinajstić information content (AvgIpc) is 2.73. The van der Waals surface area contributed by atoms with Gasteiger partial charge in [0.2, 0.25) is 0 Å². The van der Waals surface area contributed by atoms with Crippen LogP contribution in [-0.4, -0.2) is 36.7 Å². The number of pyridine rings is 3. The fourth-order valence-corrected chi connectivity index (χ4v) is 3.76. The molecule has 0 aliphatic carbocycles. The summed E-state index contributed by atoms with van der Waals surface area (Å²) in [6.45, 7) is 0. The topological polar surface area (TPSA) is 140 Å². The highest BCUT2D eigenvalue weighted by Crippen LogP contribution is 2.30. The molecule has 4 aromatic rings. The molecule has 0 saturated heterocycles. The fraction of sp³-hybridized carbons (Fsp3) is 0.0952. The molecule has 3 aromatic heterocycles. The Balaban J connectivity index is 1.85. The van der Waals surface area contributed by atoms with Crippen molar-refractivity contribution in [1.29, 1.82) is 0 Å². The van der Waals surface area contributed by atoms with Gasteiger partial charge in [-0.2, -0.15) is 0 Å². The zero-order valence-corrected chi connectivity index (χ0v) is 17.5. The zero-order chi connectivity index (χ0) is 22.2. The number of anilines is 3. The minimum atomic E-state index is -3.31. The van der Waals surface area contributed by atoms with Crippen molar-refractivity contribution < 1.29 is 13.2 Å². The molecular weight excluding hydrogens is 418 g/mol. The van der Waals surface area contributed by atoms with Crippen LogP contribution in [0.25, 0.3) is 22.0 Å². The summed E-state index contributed by atoms with van der Waals surface area (Å²) in [5, 5.41) is 4.15.